The zero-order chi connectivity index (χ0) is 11.8. The number of carboxylic acids is 1. The van der Waals surface area contributed by atoms with Crippen LogP contribution in [0.25, 0.3) is 0 Å². The van der Waals surface area contributed by atoms with Gasteiger partial charge in [-0.05, 0) is 46.5 Å². The van der Waals surface area contributed by atoms with Gasteiger partial charge in [0.15, 0.2) is 0 Å². The summed E-state index contributed by atoms with van der Waals surface area (Å²) in [5.41, 5.74) is 0.650. The summed E-state index contributed by atoms with van der Waals surface area (Å²) in [6, 6.07) is 4.79. The Hall–Kier alpha value is -0.900. The van der Waals surface area contributed by atoms with Gasteiger partial charge in [0, 0.05) is 5.41 Å². The standard InChI is InChI=1S/C12H12BrFO2/c13-9-6-8(2-3-10(9)14)12(4-1-5-12)7-11(15)16/h2-3,6H,1,4-5,7H2,(H,15,16). The molecule has 1 fully saturated rings. The Kier molecular flexibility index (Phi) is 3.02. The van der Waals surface area contributed by atoms with Gasteiger partial charge in [0.25, 0.3) is 0 Å². The van der Waals surface area contributed by atoms with Crippen LogP contribution < -0.4 is 0 Å². The Morgan fingerprint density at radius 2 is 2.19 bits per heavy atom. The lowest BCUT2D eigenvalue weighted by Gasteiger charge is -2.41. The number of halogens is 2. The van der Waals surface area contributed by atoms with Crippen LogP contribution in [-0.2, 0) is 10.2 Å². The van der Waals surface area contributed by atoms with Crippen LogP contribution in [0.2, 0.25) is 0 Å². The van der Waals surface area contributed by atoms with Gasteiger partial charge in [-0.3, -0.25) is 4.79 Å². The maximum atomic E-state index is 13.1. The monoisotopic (exact) mass is 286 g/mol. The van der Waals surface area contributed by atoms with Crippen molar-refractivity contribution in [3.05, 3.63) is 34.1 Å². The molecule has 0 heterocycles. The summed E-state index contributed by atoms with van der Waals surface area (Å²) in [7, 11) is 0. The average molecular weight is 287 g/mol. The van der Waals surface area contributed by atoms with Crippen LogP contribution in [0.1, 0.15) is 31.2 Å². The van der Waals surface area contributed by atoms with E-state index in [4.69, 9.17) is 5.11 Å². The second-order valence-corrected chi connectivity index (χ2v) is 5.19. The molecule has 0 aliphatic heterocycles. The highest BCUT2D eigenvalue weighted by Gasteiger charge is 2.40. The largest absolute Gasteiger partial charge is 0.481 e. The third-order valence-corrected chi connectivity index (χ3v) is 3.94. The van der Waals surface area contributed by atoms with Crippen LogP contribution in [0.4, 0.5) is 4.39 Å². The Morgan fingerprint density at radius 1 is 1.50 bits per heavy atom. The second kappa shape index (κ2) is 4.17. The molecule has 0 spiro atoms. The zero-order valence-corrected chi connectivity index (χ0v) is 10.3. The molecule has 4 heteroatoms. The van der Waals surface area contributed by atoms with E-state index in [1.807, 2.05) is 0 Å². The van der Waals surface area contributed by atoms with E-state index < -0.39 is 5.97 Å². The summed E-state index contributed by atoms with van der Waals surface area (Å²) in [5.74, 6) is -1.10. The maximum Gasteiger partial charge on any atom is 0.304 e. The van der Waals surface area contributed by atoms with Gasteiger partial charge in [0.1, 0.15) is 5.82 Å². The second-order valence-electron chi connectivity index (χ2n) is 4.33. The number of carbonyl (C=O) groups is 1. The van der Waals surface area contributed by atoms with Crippen LogP contribution >= 0.6 is 15.9 Å². The van der Waals surface area contributed by atoms with Crippen molar-refractivity contribution < 1.29 is 14.3 Å². The molecule has 1 aliphatic carbocycles. The van der Waals surface area contributed by atoms with Gasteiger partial charge in [-0.25, -0.2) is 4.39 Å². The predicted octanol–water partition coefficient (Wildman–Crippen LogP) is 3.48. The fraction of sp³-hybridized carbons (Fsp3) is 0.417. The number of carboxylic acid groups (broad SMARTS) is 1. The molecule has 0 amide bonds. The van der Waals surface area contributed by atoms with Crippen molar-refractivity contribution >= 4 is 21.9 Å². The molecule has 1 aromatic rings. The van der Waals surface area contributed by atoms with E-state index in [2.05, 4.69) is 15.9 Å². The molecule has 16 heavy (non-hydrogen) atoms. The van der Waals surface area contributed by atoms with Crippen LogP contribution in [0.3, 0.4) is 0 Å². The summed E-state index contributed by atoms with van der Waals surface area (Å²) in [4.78, 5) is 10.8. The summed E-state index contributed by atoms with van der Waals surface area (Å²) >= 11 is 3.14. The molecule has 86 valence electrons. The molecular weight excluding hydrogens is 275 g/mol. The Morgan fingerprint density at radius 3 is 2.62 bits per heavy atom. The van der Waals surface area contributed by atoms with Crippen molar-refractivity contribution in [1.82, 2.24) is 0 Å². The Labute approximate surface area is 102 Å². The minimum Gasteiger partial charge on any atom is -0.481 e. The summed E-state index contributed by atoms with van der Waals surface area (Å²) in [5, 5.41) is 8.91. The first-order chi connectivity index (χ1) is 7.53. The quantitative estimate of drug-likeness (QED) is 0.924. The van der Waals surface area contributed by atoms with Crippen LogP contribution in [0.5, 0.6) is 0 Å². The third-order valence-electron chi connectivity index (χ3n) is 3.33. The first-order valence-corrected chi connectivity index (χ1v) is 6.00. The first kappa shape index (κ1) is 11.6. The van der Waals surface area contributed by atoms with Gasteiger partial charge < -0.3 is 5.11 Å². The van der Waals surface area contributed by atoms with Gasteiger partial charge in [0.2, 0.25) is 0 Å². The fourth-order valence-corrected chi connectivity index (χ4v) is 2.67. The van der Waals surface area contributed by atoms with E-state index in [1.165, 1.54) is 6.07 Å². The number of rotatable bonds is 3. The lowest BCUT2D eigenvalue weighted by atomic mass is 9.62. The molecule has 1 aromatic carbocycles. The molecule has 1 saturated carbocycles. The van der Waals surface area contributed by atoms with Crippen molar-refractivity contribution in [2.75, 3.05) is 0 Å². The molecule has 0 saturated heterocycles. The van der Waals surface area contributed by atoms with E-state index >= 15 is 0 Å². The number of aliphatic carboxylic acids is 1. The normalized spacial score (nSPS) is 17.9. The fourth-order valence-electron chi connectivity index (χ4n) is 2.29. The van der Waals surface area contributed by atoms with Crippen molar-refractivity contribution in [2.24, 2.45) is 0 Å². The third kappa shape index (κ3) is 1.98. The zero-order valence-electron chi connectivity index (χ0n) is 8.67. The molecule has 2 rings (SSSR count). The van der Waals surface area contributed by atoms with Crippen molar-refractivity contribution in [2.45, 2.75) is 31.1 Å². The molecule has 1 N–H and O–H groups in total. The van der Waals surface area contributed by atoms with Gasteiger partial charge in [-0.2, -0.15) is 0 Å². The molecular formula is C12H12BrFO2. The van der Waals surface area contributed by atoms with Crippen LogP contribution in [-0.4, -0.2) is 11.1 Å². The summed E-state index contributed by atoms with van der Waals surface area (Å²) < 4.78 is 13.5. The van der Waals surface area contributed by atoms with E-state index in [1.54, 1.807) is 12.1 Å². The van der Waals surface area contributed by atoms with E-state index in [-0.39, 0.29) is 17.7 Å². The van der Waals surface area contributed by atoms with E-state index in [0.29, 0.717) is 4.47 Å². The van der Waals surface area contributed by atoms with Crippen molar-refractivity contribution in [3.63, 3.8) is 0 Å². The van der Waals surface area contributed by atoms with Gasteiger partial charge in [-0.1, -0.05) is 12.5 Å². The lowest BCUT2D eigenvalue weighted by Crippen LogP contribution is -2.36. The highest BCUT2D eigenvalue weighted by molar-refractivity contribution is 9.10. The molecule has 0 aromatic heterocycles. The maximum absolute atomic E-state index is 13.1. The number of hydrogen-bond acceptors (Lipinski definition) is 1. The molecule has 0 atom stereocenters. The highest BCUT2D eigenvalue weighted by Crippen LogP contribution is 2.47. The van der Waals surface area contributed by atoms with Crippen molar-refractivity contribution in [1.29, 1.82) is 0 Å². The average Bonchev–Trinajstić information content (AvgIpc) is 2.16. The number of hydrogen-bond donors (Lipinski definition) is 1. The predicted molar refractivity (Wildman–Crippen MR) is 61.9 cm³/mol. The molecule has 0 unspecified atom stereocenters. The summed E-state index contributed by atoms with van der Waals surface area (Å²) in [6.45, 7) is 0. The Balaban J connectivity index is 2.33. The van der Waals surface area contributed by atoms with Gasteiger partial charge >= 0.3 is 5.97 Å². The Bertz CT molecular complexity index is 427. The minimum absolute atomic E-state index is 0.130. The van der Waals surface area contributed by atoms with Crippen LogP contribution in [0.15, 0.2) is 22.7 Å². The minimum atomic E-state index is -0.792. The van der Waals surface area contributed by atoms with Crippen molar-refractivity contribution in [3.8, 4) is 0 Å². The van der Waals surface area contributed by atoms with Crippen LogP contribution in [0, 0.1) is 5.82 Å². The molecule has 1 aliphatic rings. The number of benzene rings is 1. The van der Waals surface area contributed by atoms with Gasteiger partial charge in [0.05, 0.1) is 10.9 Å². The van der Waals surface area contributed by atoms with Gasteiger partial charge in [-0.15, -0.1) is 0 Å². The topological polar surface area (TPSA) is 37.3 Å². The summed E-state index contributed by atoms with van der Waals surface area (Å²) in [6.07, 6.45) is 2.92. The van der Waals surface area contributed by atoms with E-state index in [9.17, 15) is 9.18 Å². The molecule has 0 bridgehead atoms. The SMILES string of the molecule is O=C(O)CC1(c2ccc(F)c(Br)c2)CCC1. The molecule has 2 nitrogen and oxygen atoms in total. The first-order valence-electron chi connectivity index (χ1n) is 5.21. The van der Waals surface area contributed by atoms with E-state index in [0.717, 1.165) is 24.8 Å². The lowest BCUT2D eigenvalue weighted by molar-refractivity contribution is -0.139. The molecule has 0 radical (unpaired) electrons. The highest BCUT2D eigenvalue weighted by atomic mass is 79.9. The smallest absolute Gasteiger partial charge is 0.304 e.